The highest BCUT2D eigenvalue weighted by Gasteiger charge is 2.14. The lowest BCUT2D eigenvalue weighted by molar-refractivity contribution is 0.620. The Morgan fingerprint density at radius 3 is 2.08 bits per heavy atom. The van der Waals surface area contributed by atoms with Crippen molar-refractivity contribution >= 4 is 21.7 Å². The van der Waals surface area contributed by atoms with Crippen LogP contribution in [0.4, 0.5) is 0 Å². The molecule has 0 radical (unpaired) electrons. The van der Waals surface area contributed by atoms with Gasteiger partial charge in [-0.1, -0.05) is 84.9 Å². The third kappa shape index (κ3) is 2.25. The van der Waals surface area contributed by atoms with Crippen molar-refractivity contribution in [2.24, 2.45) is 0 Å². The average molecular weight is 320 g/mol. The summed E-state index contributed by atoms with van der Waals surface area (Å²) in [4.78, 5) is 0. The highest BCUT2D eigenvalue weighted by Crippen LogP contribution is 2.39. The summed E-state index contributed by atoms with van der Waals surface area (Å²) in [7, 11) is 0. The molecule has 0 fully saturated rings. The van der Waals surface area contributed by atoms with Crippen molar-refractivity contribution in [1.29, 1.82) is 0 Å². The maximum atomic E-state index is 6.01. The van der Waals surface area contributed by atoms with Crippen LogP contribution in [0.5, 0.6) is 0 Å². The first-order chi connectivity index (χ1) is 12.4. The second-order valence-electron chi connectivity index (χ2n) is 6.22. The monoisotopic (exact) mass is 320 g/mol. The summed E-state index contributed by atoms with van der Waals surface area (Å²) in [5.74, 6) is 0. The summed E-state index contributed by atoms with van der Waals surface area (Å²) in [5, 5.41) is 3.51. The maximum Gasteiger partial charge on any atom is 0.142 e. The molecule has 1 nitrogen and oxygen atoms in total. The van der Waals surface area contributed by atoms with Crippen LogP contribution in [0.25, 0.3) is 44.0 Å². The largest absolute Gasteiger partial charge is 0.463 e. The summed E-state index contributed by atoms with van der Waals surface area (Å²) >= 11 is 0. The third-order valence-corrected chi connectivity index (χ3v) is 4.77. The van der Waals surface area contributed by atoms with Gasteiger partial charge in [0.15, 0.2) is 0 Å². The van der Waals surface area contributed by atoms with Gasteiger partial charge in [-0.2, -0.15) is 0 Å². The lowest BCUT2D eigenvalue weighted by atomic mass is 9.94. The number of hydrogen-bond acceptors (Lipinski definition) is 1. The molecule has 5 aromatic rings. The molecule has 0 unspecified atom stereocenters. The van der Waals surface area contributed by atoms with Crippen molar-refractivity contribution in [2.75, 3.05) is 0 Å². The van der Waals surface area contributed by atoms with Crippen molar-refractivity contribution < 1.29 is 4.42 Å². The highest BCUT2D eigenvalue weighted by molar-refractivity contribution is 6.10. The molecule has 0 bridgehead atoms. The summed E-state index contributed by atoms with van der Waals surface area (Å²) in [6, 6.07) is 31.7. The minimum absolute atomic E-state index is 0.955. The van der Waals surface area contributed by atoms with Gasteiger partial charge >= 0.3 is 0 Å². The Morgan fingerprint density at radius 2 is 1.20 bits per heavy atom. The van der Waals surface area contributed by atoms with Crippen LogP contribution in [-0.4, -0.2) is 0 Å². The molecular weight excluding hydrogens is 304 g/mol. The zero-order valence-corrected chi connectivity index (χ0v) is 13.6. The number of benzene rings is 4. The molecular formula is C24H16O. The maximum absolute atomic E-state index is 6.01. The molecule has 0 aliphatic carbocycles. The van der Waals surface area contributed by atoms with Crippen molar-refractivity contribution in [3.63, 3.8) is 0 Å². The van der Waals surface area contributed by atoms with Crippen molar-refractivity contribution in [1.82, 2.24) is 0 Å². The van der Waals surface area contributed by atoms with E-state index in [-0.39, 0.29) is 0 Å². The third-order valence-electron chi connectivity index (χ3n) is 4.77. The topological polar surface area (TPSA) is 13.1 Å². The normalized spacial score (nSPS) is 11.2. The first kappa shape index (κ1) is 14.1. The Labute approximate surface area is 146 Å². The highest BCUT2D eigenvalue weighted by atomic mass is 16.3. The van der Waals surface area contributed by atoms with E-state index in [1.165, 1.54) is 22.1 Å². The van der Waals surface area contributed by atoms with E-state index in [1.54, 1.807) is 0 Å². The Hall–Kier alpha value is -3.32. The second-order valence-corrected chi connectivity index (χ2v) is 6.22. The van der Waals surface area contributed by atoms with Gasteiger partial charge in [-0.05, 0) is 28.1 Å². The molecule has 1 heteroatoms. The predicted octanol–water partition coefficient (Wildman–Crippen LogP) is 6.92. The molecule has 0 saturated heterocycles. The van der Waals surface area contributed by atoms with Gasteiger partial charge in [-0.25, -0.2) is 0 Å². The number of fused-ring (bicyclic) bond motifs is 3. The summed E-state index contributed by atoms with van der Waals surface area (Å²) in [6.45, 7) is 0. The Kier molecular flexibility index (Phi) is 3.17. The molecule has 0 N–H and O–H groups in total. The van der Waals surface area contributed by atoms with E-state index in [9.17, 15) is 0 Å². The summed E-state index contributed by atoms with van der Waals surface area (Å²) in [6.07, 6.45) is 1.89. The fourth-order valence-corrected chi connectivity index (χ4v) is 3.56. The minimum atomic E-state index is 0.955. The smallest absolute Gasteiger partial charge is 0.142 e. The van der Waals surface area contributed by atoms with Gasteiger partial charge in [0, 0.05) is 16.3 Å². The van der Waals surface area contributed by atoms with E-state index in [4.69, 9.17) is 4.42 Å². The molecule has 0 atom stereocenters. The van der Waals surface area contributed by atoms with E-state index < -0.39 is 0 Å². The van der Waals surface area contributed by atoms with Gasteiger partial charge in [0.2, 0.25) is 0 Å². The SMILES string of the molecule is c1ccc(-c2ccccc2-c2coc3c2ccc2ccccc23)cc1. The van der Waals surface area contributed by atoms with Crippen molar-refractivity contribution in [3.8, 4) is 22.3 Å². The van der Waals surface area contributed by atoms with Gasteiger partial charge < -0.3 is 4.42 Å². The zero-order chi connectivity index (χ0) is 16.6. The molecule has 0 aliphatic rings. The lowest BCUT2D eigenvalue weighted by Crippen LogP contribution is -1.84. The van der Waals surface area contributed by atoms with Gasteiger partial charge in [-0.15, -0.1) is 0 Å². The van der Waals surface area contributed by atoms with Gasteiger partial charge in [0.25, 0.3) is 0 Å². The molecule has 118 valence electrons. The van der Waals surface area contributed by atoms with E-state index in [2.05, 4.69) is 84.9 Å². The Morgan fingerprint density at radius 1 is 0.480 bits per heavy atom. The molecule has 0 aliphatic heterocycles. The molecule has 25 heavy (non-hydrogen) atoms. The van der Waals surface area contributed by atoms with Gasteiger partial charge in [0.1, 0.15) is 5.58 Å². The quantitative estimate of drug-likeness (QED) is 0.344. The van der Waals surface area contributed by atoms with Crippen LogP contribution >= 0.6 is 0 Å². The first-order valence-electron chi connectivity index (χ1n) is 8.45. The second kappa shape index (κ2) is 5.64. The Bertz CT molecular complexity index is 1180. The predicted molar refractivity (Wildman–Crippen MR) is 105 cm³/mol. The van der Waals surface area contributed by atoms with Crippen LogP contribution in [0.1, 0.15) is 0 Å². The molecule has 4 aromatic carbocycles. The van der Waals surface area contributed by atoms with Crippen LogP contribution < -0.4 is 0 Å². The molecule has 0 spiro atoms. The number of rotatable bonds is 2. The van der Waals surface area contributed by atoms with Crippen LogP contribution in [0.3, 0.4) is 0 Å². The fourth-order valence-electron chi connectivity index (χ4n) is 3.56. The lowest BCUT2D eigenvalue weighted by Gasteiger charge is -2.09. The van der Waals surface area contributed by atoms with E-state index >= 15 is 0 Å². The van der Waals surface area contributed by atoms with Gasteiger partial charge in [-0.3, -0.25) is 0 Å². The summed E-state index contributed by atoms with van der Waals surface area (Å²) in [5.41, 5.74) is 5.73. The van der Waals surface area contributed by atoms with Crippen LogP contribution in [0.2, 0.25) is 0 Å². The molecule has 1 aromatic heterocycles. The molecule has 1 heterocycles. The molecule has 0 saturated carbocycles. The summed E-state index contributed by atoms with van der Waals surface area (Å²) < 4.78 is 6.01. The molecule has 0 amide bonds. The van der Waals surface area contributed by atoms with Crippen LogP contribution in [0, 0.1) is 0 Å². The standard InChI is InChI=1S/C24H16O/c1-2-8-17(9-3-1)19-11-6-7-13-21(19)23-16-25-24-20-12-5-4-10-18(20)14-15-22(23)24/h1-16H. The number of furan rings is 1. The Balaban J connectivity index is 1.79. The van der Waals surface area contributed by atoms with Crippen LogP contribution in [0.15, 0.2) is 102 Å². The van der Waals surface area contributed by atoms with E-state index in [0.29, 0.717) is 0 Å². The number of hydrogen-bond donors (Lipinski definition) is 0. The average Bonchev–Trinajstić information content (AvgIpc) is 3.13. The van der Waals surface area contributed by atoms with E-state index in [0.717, 1.165) is 21.9 Å². The fraction of sp³-hybridized carbons (Fsp3) is 0. The minimum Gasteiger partial charge on any atom is -0.463 e. The molecule has 5 rings (SSSR count). The van der Waals surface area contributed by atoms with E-state index in [1.807, 2.05) is 12.3 Å². The van der Waals surface area contributed by atoms with Crippen molar-refractivity contribution in [3.05, 3.63) is 97.3 Å². The van der Waals surface area contributed by atoms with Gasteiger partial charge in [0.05, 0.1) is 6.26 Å². The van der Waals surface area contributed by atoms with Crippen molar-refractivity contribution in [2.45, 2.75) is 0 Å². The zero-order valence-electron chi connectivity index (χ0n) is 13.6. The van der Waals surface area contributed by atoms with Crippen LogP contribution in [-0.2, 0) is 0 Å². The first-order valence-corrected chi connectivity index (χ1v) is 8.45.